The van der Waals surface area contributed by atoms with Crippen LogP contribution in [-0.2, 0) is 16.0 Å². The van der Waals surface area contributed by atoms with Crippen molar-refractivity contribution in [3.05, 3.63) is 57.0 Å². The zero-order valence-corrected chi connectivity index (χ0v) is 16.6. The van der Waals surface area contributed by atoms with Gasteiger partial charge in [0.15, 0.2) is 0 Å². The third-order valence-electron chi connectivity index (χ3n) is 4.85. The Morgan fingerprint density at radius 2 is 1.84 bits per heavy atom. The van der Waals surface area contributed by atoms with Gasteiger partial charge in [0.25, 0.3) is 11.5 Å². The number of fused-ring (bicyclic) bond motifs is 1. The van der Waals surface area contributed by atoms with Crippen LogP contribution in [-0.4, -0.2) is 49.1 Å². The number of hydrogen-bond acceptors (Lipinski definition) is 6. The van der Waals surface area contributed by atoms with Crippen LogP contribution in [0, 0.1) is 6.92 Å². The Morgan fingerprint density at radius 1 is 1.16 bits per heavy atom. The fourth-order valence-electron chi connectivity index (χ4n) is 3.27. The lowest BCUT2D eigenvalue weighted by atomic mass is 10.0. The van der Waals surface area contributed by atoms with Gasteiger partial charge in [0.1, 0.15) is 11.7 Å². The summed E-state index contributed by atoms with van der Waals surface area (Å²) in [4.78, 5) is 56.1. The molecule has 2 aromatic heterocycles. The maximum absolute atomic E-state index is 12.3. The molecule has 0 fully saturated rings. The molecule has 3 aromatic rings. The average Bonchev–Trinajstić information content (AvgIpc) is 3.00. The van der Waals surface area contributed by atoms with Crippen LogP contribution in [0.5, 0.6) is 0 Å². The molecule has 0 aliphatic rings. The molecular weight excluding hydrogens is 406 g/mol. The van der Waals surface area contributed by atoms with Crippen molar-refractivity contribution in [3.8, 4) is 0 Å². The number of anilines is 1. The number of nitrogen functional groups attached to an aromatic ring is 1. The number of carboxylic acids is 2. The van der Waals surface area contributed by atoms with Crippen molar-refractivity contribution in [3.63, 3.8) is 0 Å². The lowest BCUT2D eigenvalue weighted by Gasteiger charge is -2.13. The van der Waals surface area contributed by atoms with E-state index in [0.29, 0.717) is 17.5 Å². The third kappa shape index (κ3) is 4.89. The normalized spacial score (nSPS) is 11.9. The number of aromatic amines is 2. The fraction of sp³-hybridized carbons (Fsp3) is 0.250. The molecule has 2 heterocycles. The maximum Gasteiger partial charge on any atom is 0.326 e. The van der Waals surface area contributed by atoms with Crippen LogP contribution >= 0.6 is 0 Å². The van der Waals surface area contributed by atoms with Gasteiger partial charge in [0.2, 0.25) is 5.95 Å². The number of amides is 1. The number of nitrogens with two attached hydrogens (primary N) is 1. The van der Waals surface area contributed by atoms with Gasteiger partial charge in [0.05, 0.1) is 5.39 Å². The van der Waals surface area contributed by atoms with Crippen molar-refractivity contribution in [2.75, 3.05) is 5.73 Å². The molecule has 0 unspecified atom stereocenters. The summed E-state index contributed by atoms with van der Waals surface area (Å²) >= 11 is 0. The summed E-state index contributed by atoms with van der Waals surface area (Å²) in [6.45, 7) is 1.82. The van der Waals surface area contributed by atoms with Gasteiger partial charge in [-0.3, -0.25) is 19.4 Å². The molecule has 7 N–H and O–H groups in total. The largest absolute Gasteiger partial charge is 0.481 e. The molecule has 0 bridgehead atoms. The Labute approximate surface area is 175 Å². The number of aliphatic carboxylic acids is 2. The number of carbonyl (C=O) groups is 3. The number of carbonyl (C=O) groups excluding carboxylic acids is 1. The number of carboxylic acid groups (broad SMARTS) is 2. The first kappa shape index (κ1) is 21.6. The van der Waals surface area contributed by atoms with Gasteiger partial charge in [0, 0.05) is 24.1 Å². The van der Waals surface area contributed by atoms with E-state index in [4.69, 9.17) is 10.8 Å². The van der Waals surface area contributed by atoms with E-state index in [1.807, 2.05) is 6.92 Å². The number of aromatic nitrogens is 3. The van der Waals surface area contributed by atoms with E-state index in [2.05, 4.69) is 20.3 Å². The van der Waals surface area contributed by atoms with Crippen LogP contribution in [0.3, 0.4) is 0 Å². The second-order valence-electron chi connectivity index (χ2n) is 7.07. The molecule has 0 spiro atoms. The summed E-state index contributed by atoms with van der Waals surface area (Å²) < 4.78 is 0. The second-order valence-corrected chi connectivity index (χ2v) is 7.07. The number of hydrogen-bond donors (Lipinski definition) is 6. The number of nitrogens with zero attached hydrogens (tertiary/aromatic N) is 1. The molecule has 0 saturated heterocycles. The molecule has 3 rings (SSSR count). The first-order valence-corrected chi connectivity index (χ1v) is 9.37. The average molecular weight is 427 g/mol. The van der Waals surface area contributed by atoms with E-state index >= 15 is 0 Å². The highest BCUT2D eigenvalue weighted by Crippen LogP contribution is 2.21. The molecule has 11 nitrogen and oxygen atoms in total. The molecule has 11 heteroatoms. The standard InChI is InChI=1S/C20H21N5O6/c1-9-12(15-16(22-9)24-20(21)25-18(15)29)8-10-2-4-11(5-3-10)17(28)23-13(19(30)31)6-7-14(26)27/h2-5,13H,6-8H2,1H3,(H,23,28)(H,26,27)(H,30,31)(H4,21,22,24,25,29)/t13-/m0/s1. The molecular formula is C20H21N5O6. The van der Waals surface area contributed by atoms with E-state index in [1.165, 1.54) is 12.1 Å². The van der Waals surface area contributed by atoms with Crippen LogP contribution in [0.25, 0.3) is 11.0 Å². The summed E-state index contributed by atoms with van der Waals surface area (Å²) in [6.07, 6.45) is -0.194. The third-order valence-corrected chi connectivity index (χ3v) is 4.85. The molecule has 0 aliphatic heterocycles. The minimum atomic E-state index is -1.31. The summed E-state index contributed by atoms with van der Waals surface area (Å²) in [5.74, 6) is -3.05. The van der Waals surface area contributed by atoms with Crippen LogP contribution < -0.4 is 16.6 Å². The Balaban J connectivity index is 1.76. The molecule has 0 radical (unpaired) electrons. The molecule has 0 saturated carbocycles. The molecule has 0 aliphatic carbocycles. The summed E-state index contributed by atoms with van der Waals surface area (Å²) in [5.41, 5.74) is 8.19. The van der Waals surface area contributed by atoms with E-state index in [0.717, 1.165) is 16.8 Å². The number of benzene rings is 1. The quantitative estimate of drug-likeness (QED) is 0.304. The van der Waals surface area contributed by atoms with Gasteiger partial charge in [-0.2, -0.15) is 4.98 Å². The Hall–Kier alpha value is -4.15. The van der Waals surface area contributed by atoms with Gasteiger partial charge < -0.3 is 26.2 Å². The molecule has 31 heavy (non-hydrogen) atoms. The van der Waals surface area contributed by atoms with Crippen molar-refractivity contribution in [2.24, 2.45) is 0 Å². The van der Waals surface area contributed by atoms with Gasteiger partial charge in [-0.15, -0.1) is 0 Å². The number of nitrogens with one attached hydrogen (secondary N) is 3. The topological polar surface area (TPSA) is 191 Å². The molecule has 1 aromatic carbocycles. The fourth-order valence-corrected chi connectivity index (χ4v) is 3.27. The molecule has 1 amide bonds. The summed E-state index contributed by atoms with van der Waals surface area (Å²) in [7, 11) is 0. The summed E-state index contributed by atoms with van der Waals surface area (Å²) in [6, 6.07) is 5.15. The van der Waals surface area contributed by atoms with Gasteiger partial charge in [-0.25, -0.2) is 4.79 Å². The first-order valence-electron chi connectivity index (χ1n) is 9.37. The van der Waals surface area contributed by atoms with Crippen LogP contribution in [0.1, 0.15) is 40.0 Å². The molecule has 162 valence electrons. The zero-order valence-electron chi connectivity index (χ0n) is 16.6. The smallest absolute Gasteiger partial charge is 0.326 e. The zero-order chi connectivity index (χ0) is 22.7. The van der Waals surface area contributed by atoms with Gasteiger partial charge in [-0.05, 0) is 36.6 Å². The van der Waals surface area contributed by atoms with E-state index in [9.17, 15) is 24.3 Å². The van der Waals surface area contributed by atoms with E-state index in [-0.39, 0.29) is 29.9 Å². The van der Waals surface area contributed by atoms with E-state index in [1.54, 1.807) is 12.1 Å². The highest BCUT2D eigenvalue weighted by molar-refractivity contribution is 5.96. The number of rotatable bonds is 8. The van der Waals surface area contributed by atoms with Crippen LogP contribution in [0.15, 0.2) is 29.1 Å². The van der Waals surface area contributed by atoms with Crippen molar-refractivity contribution >= 4 is 34.8 Å². The predicted octanol–water partition coefficient (Wildman–Crippen LogP) is 0.780. The lowest BCUT2D eigenvalue weighted by Crippen LogP contribution is -2.41. The Bertz CT molecular complexity index is 1210. The maximum atomic E-state index is 12.3. The van der Waals surface area contributed by atoms with Crippen molar-refractivity contribution in [2.45, 2.75) is 32.2 Å². The number of H-pyrrole nitrogens is 2. The summed E-state index contributed by atoms with van der Waals surface area (Å²) in [5, 5.41) is 20.6. The predicted molar refractivity (Wildman–Crippen MR) is 111 cm³/mol. The number of aryl methyl sites for hydroxylation is 1. The minimum absolute atomic E-state index is 0.0173. The highest BCUT2D eigenvalue weighted by atomic mass is 16.4. The SMILES string of the molecule is Cc1[nH]c2nc(N)[nH]c(=O)c2c1Cc1ccc(C(=O)N[C@@H](CCC(=O)O)C(=O)O)cc1. The highest BCUT2D eigenvalue weighted by Gasteiger charge is 2.21. The second kappa shape index (κ2) is 8.69. The van der Waals surface area contributed by atoms with Crippen LogP contribution in [0.2, 0.25) is 0 Å². The molecule has 1 atom stereocenters. The first-order chi connectivity index (χ1) is 14.7. The van der Waals surface area contributed by atoms with Crippen LogP contribution in [0.4, 0.5) is 5.95 Å². The van der Waals surface area contributed by atoms with Crippen molar-refractivity contribution < 1.29 is 24.6 Å². The lowest BCUT2D eigenvalue weighted by molar-refractivity contribution is -0.140. The van der Waals surface area contributed by atoms with E-state index < -0.39 is 23.9 Å². The van der Waals surface area contributed by atoms with Gasteiger partial charge >= 0.3 is 11.9 Å². The van der Waals surface area contributed by atoms with Gasteiger partial charge in [-0.1, -0.05) is 12.1 Å². The van der Waals surface area contributed by atoms with Crippen molar-refractivity contribution in [1.82, 2.24) is 20.3 Å². The van der Waals surface area contributed by atoms with Crippen molar-refractivity contribution in [1.29, 1.82) is 0 Å². The Kier molecular flexibility index (Phi) is 6.05. The Morgan fingerprint density at radius 3 is 2.45 bits per heavy atom. The monoisotopic (exact) mass is 427 g/mol. The minimum Gasteiger partial charge on any atom is -0.481 e.